The fourth-order valence-corrected chi connectivity index (χ4v) is 6.47. The van der Waals surface area contributed by atoms with E-state index >= 15 is 0 Å². The summed E-state index contributed by atoms with van der Waals surface area (Å²) in [6.45, 7) is 9.80. The van der Waals surface area contributed by atoms with Crippen molar-refractivity contribution in [3.8, 4) is 0 Å². The summed E-state index contributed by atoms with van der Waals surface area (Å²) in [4.78, 5) is 77.8. The standard InChI is InChI=1S/C35H66N5O10PS/c1-6-20-47-23-17-36-31(41)15-13-29(34(44)37-18-24-48-21-7-2)39-32(42)16-14-30(35(45)38-19-25-49-22-8-3)40-33(43)27-9-11-28(12-10-27)50-51(46,52)26(4)5/h26-30H,6-25H2,1-5H3,(H,36,41)(H,37,44)(H,38,45)(H,39,42)(H,40,43)(H,46,52)/p-1. The van der Waals surface area contributed by atoms with Gasteiger partial charge < -0.3 is 50.2 Å². The Morgan fingerprint density at radius 3 is 1.58 bits per heavy atom. The summed E-state index contributed by atoms with van der Waals surface area (Å²) in [5.41, 5.74) is -0.276. The lowest BCUT2D eigenvalue weighted by Gasteiger charge is -2.38. The number of hydrogen-bond acceptors (Lipinski definition) is 11. The Balaban J connectivity index is 2.86. The van der Waals surface area contributed by atoms with Crippen LogP contribution >= 0.6 is 6.49 Å². The molecule has 0 bridgehead atoms. The second kappa shape index (κ2) is 28.3. The highest BCUT2D eigenvalue weighted by molar-refractivity contribution is 8.09. The van der Waals surface area contributed by atoms with E-state index in [4.69, 9.17) is 30.5 Å². The molecule has 17 heteroatoms. The molecule has 1 aliphatic rings. The maximum Gasteiger partial charge on any atom is 0.242 e. The molecule has 0 aliphatic heterocycles. The molecule has 1 fully saturated rings. The molecule has 3 unspecified atom stereocenters. The number of rotatable bonds is 29. The number of amides is 5. The molecule has 0 spiro atoms. The maximum absolute atomic E-state index is 13.3. The molecule has 52 heavy (non-hydrogen) atoms. The lowest BCUT2D eigenvalue weighted by atomic mass is 9.86. The van der Waals surface area contributed by atoms with Crippen molar-refractivity contribution in [1.82, 2.24) is 26.6 Å². The fraction of sp³-hybridized carbons (Fsp3) is 0.857. The molecule has 5 N–H and O–H groups in total. The molecule has 0 aromatic carbocycles. The predicted molar refractivity (Wildman–Crippen MR) is 201 cm³/mol. The van der Waals surface area contributed by atoms with Crippen molar-refractivity contribution >= 4 is 47.8 Å². The van der Waals surface area contributed by atoms with Crippen LogP contribution in [-0.2, 0) is 54.5 Å². The van der Waals surface area contributed by atoms with E-state index in [1.54, 1.807) is 13.8 Å². The summed E-state index contributed by atoms with van der Waals surface area (Å²) in [5.74, 6) is -2.41. The Bertz CT molecular complexity index is 1110. The van der Waals surface area contributed by atoms with Crippen LogP contribution in [0.2, 0.25) is 0 Å². The highest BCUT2D eigenvalue weighted by Gasteiger charge is 2.31. The van der Waals surface area contributed by atoms with Gasteiger partial charge in [0.1, 0.15) is 12.1 Å². The number of hydrogen-bond donors (Lipinski definition) is 5. The van der Waals surface area contributed by atoms with E-state index in [0.717, 1.165) is 19.3 Å². The number of carbonyl (C=O) groups excluding carboxylic acids is 5. The van der Waals surface area contributed by atoms with E-state index in [-0.39, 0.29) is 68.3 Å². The molecule has 1 saturated carbocycles. The quantitative estimate of drug-likeness (QED) is 0.0547. The van der Waals surface area contributed by atoms with Gasteiger partial charge in [0.05, 0.1) is 25.9 Å². The first-order valence-corrected chi connectivity index (χ1v) is 21.7. The minimum Gasteiger partial charge on any atom is -0.800 e. The molecular weight excluding hydrogens is 713 g/mol. The first-order chi connectivity index (χ1) is 24.8. The second-order valence-electron chi connectivity index (χ2n) is 13.2. The van der Waals surface area contributed by atoms with Gasteiger partial charge in [-0.05, 0) is 69.9 Å². The smallest absolute Gasteiger partial charge is 0.242 e. The number of nitrogens with one attached hydrogen (secondary N) is 5. The molecule has 1 rings (SSSR count). The van der Waals surface area contributed by atoms with Gasteiger partial charge in [-0.2, -0.15) is 0 Å². The van der Waals surface area contributed by atoms with Crippen LogP contribution < -0.4 is 31.5 Å². The van der Waals surface area contributed by atoms with Gasteiger partial charge in [0, 0.05) is 58.2 Å². The molecule has 0 aromatic rings. The summed E-state index contributed by atoms with van der Waals surface area (Å²) in [5, 5.41) is 13.8. The van der Waals surface area contributed by atoms with Crippen molar-refractivity contribution in [2.45, 2.75) is 129 Å². The van der Waals surface area contributed by atoms with Gasteiger partial charge in [0.2, 0.25) is 29.5 Å². The molecule has 302 valence electrons. The van der Waals surface area contributed by atoms with Gasteiger partial charge >= 0.3 is 0 Å². The summed E-state index contributed by atoms with van der Waals surface area (Å²) in [6, 6.07) is -2.02. The molecule has 0 heterocycles. The largest absolute Gasteiger partial charge is 0.800 e. The van der Waals surface area contributed by atoms with Crippen LogP contribution in [0.15, 0.2) is 0 Å². The van der Waals surface area contributed by atoms with Crippen molar-refractivity contribution in [3.63, 3.8) is 0 Å². The van der Waals surface area contributed by atoms with Crippen molar-refractivity contribution in [2.24, 2.45) is 5.92 Å². The van der Waals surface area contributed by atoms with E-state index in [9.17, 15) is 28.9 Å². The van der Waals surface area contributed by atoms with E-state index < -0.39 is 36.3 Å². The third kappa shape index (κ3) is 21.5. The number of carbonyl (C=O) groups is 5. The minimum absolute atomic E-state index is 0.00554. The average Bonchev–Trinajstić information content (AvgIpc) is 3.11. The van der Waals surface area contributed by atoms with Gasteiger partial charge in [-0.15, -0.1) is 0 Å². The van der Waals surface area contributed by atoms with Crippen molar-refractivity contribution in [2.75, 3.05) is 59.3 Å². The highest BCUT2D eigenvalue weighted by Crippen LogP contribution is 2.46. The van der Waals surface area contributed by atoms with Gasteiger partial charge in [-0.3, -0.25) is 24.0 Å². The average molecular weight is 779 g/mol. The molecule has 15 nitrogen and oxygen atoms in total. The fourth-order valence-electron chi connectivity index (χ4n) is 5.23. The van der Waals surface area contributed by atoms with Crippen LogP contribution in [0.1, 0.15) is 105 Å². The van der Waals surface area contributed by atoms with Crippen LogP contribution in [0, 0.1) is 5.92 Å². The molecule has 1 aliphatic carbocycles. The van der Waals surface area contributed by atoms with E-state index in [2.05, 4.69) is 26.6 Å². The third-order valence-corrected chi connectivity index (χ3v) is 11.7. The summed E-state index contributed by atoms with van der Waals surface area (Å²) >= 11 is 5.17. The van der Waals surface area contributed by atoms with Gasteiger partial charge in [-0.1, -0.05) is 46.4 Å². The maximum atomic E-state index is 13.3. The van der Waals surface area contributed by atoms with Crippen LogP contribution in [0.25, 0.3) is 0 Å². The van der Waals surface area contributed by atoms with Crippen molar-refractivity contribution in [3.05, 3.63) is 0 Å². The first kappa shape index (κ1) is 47.8. The van der Waals surface area contributed by atoms with Gasteiger partial charge in [0.25, 0.3) is 0 Å². The Morgan fingerprint density at radius 2 is 1.12 bits per heavy atom. The molecule has 3 atom stereocenters. The number of ether oxygens (including phenoxy) is 3. The SMILES string of the molecule is CCCOCCNC(=O)CCC(NC(=O)CCC(NC(=O)C1CCC(OP([O-])(=S)C(C)C)CC1)C(=O)NCCOCCC)C(=O)NCCOCCC. The van der Waals surface area contributed by atoms with Crippen molar-refractivity contribution in [1.29, 1.82) is 0 Å². The molecule has 5 amide bonds. The zero-order chi connectivity index (χ0) is 38.8. The topological polar surface area (TPSA) is 205 Å². The van der Waals surface area contributed by atoms with Crippen LogP contribution in [0.5, 0.6) is 0 Å². The van der Waals surface area contributed by atoms with E-state index in [1.165, 1.54) is 0 Å². The van der Waals surface area contributed by atoms with Crippen LogP contribution in [-0.4, -0.2) is 113 Å². The Labute approximate surface area is 315 Å². The molecule has 0 aromatic heterocycles. The molecule has 0 saturated heterocycles. The lowest BCUT2D eigenvalue weighted by Crippen LogP contribution is -2.51. The van der Waals surface area contributed by atoms with E-state index in [0.29, 0.717) is 71.9 Å². The zero-order valence-corrected chi connectivity index (χ0v) is 33.7. The van der Waals surface area contributed by atoms with Crippen LogP contribution in [0.3, 0.4) is 0 Å². The third-order valence-electron chi connectivity index (χ3n) is 8.28. The summed E-state index contributed by atoms with van der Waals surface area (Å²) in [6.07, 6.45) is 4.08. The Hall–Kier alpha value is -2.20. The lowest BCUT2D eigenvalue weighted by molar-refractivity contribution is -0.189. The Morgan fingerprint density at radius 1 is 0.673 bits per heavy atom. The van der Waals surface area contributed by atoms with Crippen LogP contribution in [0.4, 0.5) is 0 Å². The second-order valence-corrected chi connectivity index (χ2v) is 17.1. The van der Waals surface area contributed by atoms with Gasteiger partial charge in [0.15, 0.2) is 0 Å². The predicted octanol–water partition coefficient (Wildman–Crippen LogP) is 1.80. The molecular formula is C35H65N5O10PS-. The summed E-state index contributed by atoms with van der Waals surface area (Å²) < 4.78 is 22.0. The Kier molecular flexibility index (Phi) is 26.0. The normalized spacial score (nSPS) is 18.1. The monoisotopic (exact) mass is 778 g/mol. The minimum atomic E-state index is -3.17. The summed E-state index contributed by atoms with van der Waals surface area (Å²) in [7, 11) is 0. The van der Waals surface area contributed by atoms with E-state index in [1.807, 2.05) is 20.8 Å². The van der Waals surface area contributed by atoms with Crippen molar-refractivity contribution < 1.29 is 47.6 Å². The van der Waals surface area contributed by atoms with Gasteiger partial charge in [-0.25, -0.2) is 0 Å². The highest BCUT2D eigenvalue weighted by atomic mass is 32.5. The zero-order valence-electron chi connectivity index (χ0n) is 32.0. The first-order valence-electron chi connectivity index (χ1n) is 19.0. The molecule has 0 radical (unpaired) electrons.